The molecule has 1 amide bonds. The SMILES string of the molecule is C=C(C)CNC(=O)CCNC. The lowest BCUT2D eigenvalue weighted by Gasteiger charge is -2.03. The summed E-state index contributed by atoms with van der Waals surface area (Å²) in [5, 5.41) is 5.64. The van der Waals surface area contributed by atoms with E-state index < -0.39 is 0 Å². The van der Waals surface area contributed by atoms with E-state index in [9.17, 15) is 4.79 Å². The van der Waals surface area contributed by atoms with Crippen LogP contribution in [-0.4, -0.2) is 26.0 Å². The minimum Gasteiger partial charge on any atom is -0.352 e. The minimum atomic E-state index is 0.0716. The number of nitrogens with one attached hydrogen (secondary N) is 2. The lowest BCUT2D eigenvalue weighted by Crippen LogP contribution is -2.27. The quantitative estimate of drug-likeness (QED) is 0.562. The van der Waals surface area contributed by atoms with Gasteiger partial charge in [0.1, 0.15) is 0 Å². The van der Waals surface area contributed by atoms with E-state index >= 15 is 0 Å². The lowest BCUT2D eigenvalue weighted by atomic mass is 10.3. The van der Waals surface area contributed by atoms with Crippen LogP contribution in [0.15, 0.2) is 12.2 Å². The highest BCUT2D eigenvalue weighted by Crippen LogP contribution is 1.83. The second kappa shape index (κ2) is 5.92. The molecule has 0 radical (unpaired) electrons. The Labute approximate surface area is 67.9 Å². The first kappa shape index (κ1) is 10.2. The molecule has 2 N–H and O–H groups in total. The molecular weight excluding hydrogens is 140 g/mol. The number of carbonyl (C=O) groups is 1. The van der Waals surface area contributed by atoms with E-state index in [1.165, 1.54) is 0 Å². The predicted octanol–water partition coefficient (Wildman–Crippen LogP) is 0.288. The average molecular weight is 156 g/mol. The van der Waals surface area contributed by atoms with E-state index in [0.717, 1.165) is 12.1 Å². The standard InChI is InChI=1S/C8H16N2O/c1-7(2)6-10-8(11)4-5-9-3/h9H,1,4-6H2,2-3H3,(H,10,11). The fraction of sp³-hybridized carbons (Fsp3) is 0.625. The third-order valence-electron chi connectivity index (χ3n) is 1.19. The predicted molar refractivity (Wildman–Crippen MR) is 46.4 cm³/mol. The maximum absolute atomic E-state index is 10.9. The molecule has 0 aliphatic rings. The van der Waals surface area contributed by atoms with Crippen molar-refractivity contribution < 1.29 is 4.79 Å². The highest BCUT2D eigenvalue weighted by molar-refractivity contribution is 5.76. The molecule has 0 heterocycles. The number of amides is 1. The molecule has 0 saturated carbocycles. The number of carbonyl (C=O) groups excluding carboxylic acids is 1. The van der Waals surface area contributed by atoms with Gasteiger partial charge in [0.25, 0.3) is 0 Å². The Kier molecular flexibility index (Phi) is 5.47. The van der Waals surface area contributed by atoms with Crippen LogP contribution >= 0.6 is 0 Å². The van der Waals surface area contributed by atoms with Crippen molar-refractivity contribution in [1.82, 2.24) is 10.6 Å². The van der Waals surface area contributed by atoms with Gasteiger partial charge in [-0.3, -0.25) is 4.79 Å². The van der Waals surface area contributed by atoms with Crippen molar-refractivity contribution in [3.8, 4) is 0 Å². The van der Waals surface area contributed by atoms with Crippen LogP contribution in [0.2, 0.25) is 0 Å². The summed E-state index contributed by atoms with van der Waals surface area (Å²) in [6.07, 6.45) is 0.532. The molecule has 0 spiro atoms. The summed E-state index contributed by atoms with van der Waals surface area (Å²) in [4.78, 5) is 10.9. The van der Waals surface area contributed by atoms with Crippen molar-refractivity contribution in [2.75, 3.05) is 20.1 Å². The van der Waals surface area contributed by atoms with Crippen molar-refractivity contribution in [1.29, 1.82) is 0 Å². The maximum atomic E-state index is 10.9. The largest absolute Gasteiger partial charge is 0.352 e. The molecule has 64 valence electrons. The van der Waals surface area contributed by atoms with Gasteiger partial charge >= 0.3 is 0 Å². The first-order chi connectivity index (χ1) is 5.16. The van der Waals surface area contributed by atoms with Gasteiger partial charge in [-0.25, -0.2) is 0 Å². The fourth-order valence-electron chi connectivity index (χ4n) is 0.576. The summed E-state index contributed by atoms with van der Waals surface area (Å²) in [7, 11) is 1.83. The van der Waals surface area contributed by atoms with Crippen LogP contribution in [0, 0.1) is 0 Å². The van der Waals surface area contributed by atoms with Crippen LogP contribution in [0.5, 0.6) is 0 Å². The topological polar surface area (TPSA) is 41.1 Å². The molecule has 0 aromatic carbocycles. The van der Waals surface area contributed by atoms with Gasteiger partial charge in [-0.15, -0.1) is 0 Å². The van der Waals surface area contributed by atoms with Crippen LogP contribution in [0.3, 0.4) is 0 Å². The van der Waals surface area contributed by atoms with Crippen molar-refractivity contribution in [3.05, 3.63) is 12.2 Å². The molecule has 0 unspecified atom stereocenters. The van der Waals surface area contributed by atoms with E-state index in [1.807, 2.05) is 14.0 Å². The van der Waals surface area contributed by atoms with Crippen molar-refractivity contribution in [3.63, 3.8) is 0 Å². The van der Waals surface area contributed by atoms with Gasteiger partial charge in [0.05, 0.1) is 0 Å². The van der Waals surface area contributed by atoms with Crippen molar-refractivity contribution in [2.45, 2.75) is 13.3 Å². The van der Waals surface area contributed by atoms with Gasteiger partial charge < -0.3 is 10.6 Å². The highest BCUT2D eigenvalue weighted by atomic mass is 16.1. The van der Waals surface area contributed by atoms with Crippen LogP contribution in [0.1, 0.15) is 13.3 Å². The molecule has 0 aromatic rings. The van der Waals surface area contributed by atoms with Gasteiger partial charge in [-0.05, 0) is 14.0 Å². The van der Waals surface area contributed by atoms with Crippen molar-refractivity contribution >= 4 is 5.91 Å². The second-order valence-corrected chi connectivity index (χ2v) is 2.59. The Morgan fingerprint density at radius 3 is 2.64 bits per heavy atom. The van der Waals surface area contributed by atoms with Gasteiger partial charge in [0.2, 0.25) is 5.91 Å². The summed E-state index contributed by atoms with van der Waals surface area (Å²) in [6, 6.07) is 0. The fourth-order valence-corrected chi connectivity index (χ4v) is 0.576. The molecule has 0 saturated heterocycles. The zero-order valence-corrected chi connectivity index (χ0v) is 7.24. The van der Waals surface area contributed by atoms with Crippen LogP contribution < -0.4 is 10.6 Å². The van der Waals surface area contributed by atoms with Crippen LogP contribution in [0.4, 0.5) is 0 Å². The van der Waals surface area contributed by atoms with E-state index in [1.54, 1.807) is 0 Å². The molecule has 0 atom stereocenters. The monoisotopic (exact) mass is 156 g/mol. The Morgan fingerprint density at radius 1 is 1.55 bits per heavy atom. The van der Waals surface area contributed by atoms with E-state index in [2.05, 4.69) is 17.2 Å². The molecule has 0 aliphatic heterocycles. The normalized spacial score (nSPS) is 9.27. The molecule has 11 heavy (non-hydrogen) atoms. The molecule has 0 aliphatic carbocycles. The Bertz CT molecular complexity index is 143. The summed E-state index contributed by atoms with van der Waals surface area (Å²) in [5.41, 5.74) is 0.975. The molecule has 0 fully saturated rings. The summed E-state index contributed by atoms with van der Waals surface area (Å²) in [5.74, 6) is 0.0716. The van der Waals surface area contributed by atoms with Crippen molar-refractivity contribution in [2.24, 2.45) is 0 Å². The summed E-state index contributed by atoms with van der Waals surface area (Å²) >= 11 is 0. The Balaban J connectivity index is 3.30. The zero-order chi connectivity index (χ0) is 8.69. The Hall–Kier alpha value is -0.830. The molecule has 3 heteroatoms. The first-order valence-electron chi connectivity index (χ1n) is 3.72. The molecule has 0 rings (SSSR count). The average Bonchev–Trinajstić information content (AvgIpc) is 1.97. The summed E-state index contributed by atoms with van der Waals surface area (Å²) in [6.45, 7) is 6.87. The number of hydrogen-bond donors (Lipinski definition) is 2. The van der Waals surface area contributed by atoms with Gasteiger partial charge in [-0.1, -0.05) is 12.2 Å². The smallest absolute Gasteiger partial charge is 0.221 e. The van der Waals surface area contributed by atoms with Crippen LogP contribution in [-0.2, 0) is 4.79 Å². The lowest BCUT2D eigenvalue weighted by molar-refractivity contribution is -0.120. The maximum Gasteiger partial charge on any atom is 0.221 e. The van der Waals surface area contributed by atoms with Gasteiger partial charge in [0.15, 0.2) is 0 Å². The number of hydrogen-bond acceptors (Lipinski definition) is 2. The third kappa shape index (κ3) is 7.06. The minimum absolute atomic E-state index is 0.0716. The Morgan fingerprint density at radius 2 is 2.18 bits per heavy atom. The van der Waals surface area contributed by atoms with E-state index in [0.29, 0.717) is 13.0 Å². The molecule has 0 aromatic heterocycles. The molecule has 0 bridgehead atoms. The first-order valence-corrected chi connectivity index (χ1v) is 3.72. The second-order valence-electron chi connectivity index (χ2n) is 2.59. The molecule has 3 nitrogen and oxygen atoms in total. The molecular formula is C8H16N2O. The van der Waals surface area contributed by atoms with Gasteiger partial charge in [-0.2, -0.15) is 0 Å². The number of rotatable bonds is 5. The third-order valence-corrected chi connectivity index (χ3v) is 1.19. The van der Waals surface area contributed by atoms with E-state index in [-0.39, 0.29) is 5.91 Å². The highest BCUT2D eigenvalue weighted by Gasteiger charge is 1.97. The van der Waals surface area contributed by atoms with E-state index in [4.69, 9.17) is 0 Å². The van der Waals surface area contributed by atoms with Crippen LogP contribution in [0.25, 0.3) is 0 Å². The zero-order valence-electron chi connectivity index (χ0n) is 7.24. The summed E-state index contributed by atoms with van der Waals surface area (Å²) < 4.78 is 0. The van der Waals surface area contributed by atoms with Gasteiger partial charge in [0, 0.05) is 19.5 Å².